The Balaban J connectivity index is 2.09. The lowest BCUT2D eigenvalue weighted by Gasteiger charge is -2.09. The van der Waals surface area contributed by atoms with Crippen LogP contribution in [-0.4, -0.2) is 25.3 Å². The van der Waals surface area contributed by atoms with Gasteiger partial charge in [0, 0.05) is 23.8 Å². The largest absolute Gasteiger partial charge is 0.412 e. The zero-order chi connectivity index (χ0) is 24.0. The molecule has 7 heteroatoms. The topological polar surface area (TPSA) is 76.7 Å². The minimum absolute atomic E-state index is 0.274. The quantitative estimate of drug-likeness (QED) is 0.184. The summed E-state index contributed by atoms with van der Waals surface area (Å²) >= 11 is 1.33. The van der Waals surface area contributed by atoms with E-state index in [-0.39, 0.29) is 11.5 Å². The molecule has 6 nitrogen and oxygen atoms in total. The van der Waals surface area contributed by atoms with Crippen LogP contribution in [0, 0.1) is 0 Å². The molecule has 0 radical (unpaired) electrons. The number of unbranched alkanes of at least 4 members (excludes halogenated alkanes) is 14. The molecule has 1 aromatic heterocycles. The summed E-state index contributed by atoms with van der Waals surface area (Å²) in [5.74, 6) is 0.548. The van der Waals surface area contributed by atoms with Crippen molar-refractivity contribution in [2.24, 2.45) is 0 Å². The van der Waals surface area contributed by atoms with Gasteiger partial charge in [0.15, 0.2) is 11.5 Å². The minimum Gasteiger partial charge on any atom is -0.405 e. The monoisotopic (exact) mass is 482 g/mol. The van der Waals surface area contributed by atoms with Gasteiger partial charge < -0.3 is 20.1 Å². The molecule has 0 fully saturated rings. The van der Waals surface area contributed by atoms with Crippen molar-refractivity contribution >= 4 is 23.5 Å². The smallest absolute Gasteiger partial charge is 0.405 e. The zero-order valence-electron chi connectivity index (χ0n) is 20.9. The van der Waals surface area contributed by atoms with Gasteiger partial charge in [0.1, 0.15) is 0 Å². The summed E-state index contributed by atoms with van der Waals surface area (Å²) in [7, 11) is 0. The lowest BCUT2D eigenvalue weighted by Crippen LogP contribution is -2.29. The van der Waals surface area contributed by atoms with Crippen molar-refractivity contribution in [3.05, 3.63) is 10.8 Å². The van der Waals surface area contributed by atoms with Crippen molar-refractivity contribution in [1.29, 1.82) is 0 Å². The van der Waals surface area contributed by atoms with Gasteiger partial charge in [-0.3, -0.25) is 0 Å². The summed E-state index contributed by atoms with van der Waals surface area (Å²) in [5.41, 5.74) is 0. The van der Waals surface area contributed by atoms with Crippen LogP contribution in [0.2, 0.25) is 0 Å². The Labute approximate surface area is 205 Å². The van der Waals surface area contributed by atoms with Gasteiger partial charge in [0.05, 0.1) is 0 Å². The van der Waals surface area contributed by atoms with Gasteiger partial charge in [-0.25, -0.2) is 9.59 Å². The van der Waals surface area contributed by atoms with E-state index in [0.717, 1.165) is 25.7 Å². The van der Waals surface area contributed by atoms with E-state index in [4.69, 9.17) is 9.47 Å². The molecule has 0 saturated carbocycles. The Morgan fingerprint density at radius 2 is 0.939 bits per heavy atom. The molecule has 190 valence electrons. The van der Waals surface area contributed by atoms with E-state index >= 15 is 0 Å². The number of hydrogen-bond donors (Lipinski definition) is 2. The van der Waals surface area contributed by atoms with Crippen molar-refractivity contribution in [2.45, 2.75) is 117 Å². The Kier molecular flexibility index (Phi) is 18.5. The van der Waals surface area contributed by atoms with Crippen LogP contribution in [0.3, 0.4) is 0 Å². The zero-order valence-corrected chi connectivity index (χ0v) is 21.7. The average molecular weight is 483 g/mol. The van der Waals surface area contributed by atoms with E-state index in [1.807, 2.05) is 0 Å². The van der Waals surface area contributed by atoms with E-state index in [1.54, 1.807) is 10.8 Å². The number of carbonyl (C=O) groups is 2. The molecule has 0 aliphatic heterocycles. The first-order valence-electron chi connectivity index (χ1n) is 13.1. The number of amides is 2. The third-order valence-corrected chi connectivity index (χ3v) is 6.30. The Bertz CT molecular complexity index is 571. The molecule has 2 N–H and O–H groups in total. The van der Waals surface area contributed by atoms with Gasteiger partial charge >= 0.3 is 12.2 Å². The second-order valence-electron chi connectivity index (χ2n) is 8.68. The highest BCUT2D eigenvalue weighted by Gasteiger charge is 2.14. The van der Waals surface area contributed by atoms with Crippen LogP contribution >= 0.6 is 11.3 Å². The standard InChI is InChI=1S/C26H46N2O4S/c1-3-5-7-9-11-13-15-17-19-27-25(29)31-23-21-33-22-24(23)32-26(30)28-20-18-16-14-12-10-8-6-4-2/h21-22H,3-20H2,1-2H3,(H,27,29)(H,28,30). The first-order valence-corrected chi connectivity index (χ1v) is 14.1. The van der Waals surface area contributed by atoms with Gasteiger partial charge in [-0.1, -0.05) is 104 Å². The number of rotatable bonds is 20. The van der Waals surface area contributed by atoms with E-state index in [2.05, 4.69) is 24.5 Å². The SMILES string of the molecule is CCCCCCCCCCNC(=O)Oc1cscc1OC(=O)NCCCCCCCCCC. The highest BCUT2D eigenvalue weighted by molar-refractivity contribution is 7.08. The third-order valence-electron chi connectivity index (χ3n) is 5.60. The fourth-order valence-corrected chi connectivity index (χ4v) is 4.24. The first-order chi connectivity index (χ1) is 16.2. The number of hydrogen-bond acceptors (Lipinski definition) is 5. The maximum absolute atomic E-state index is 12.0. The minimum atomic E-state index is -0.513. The first kappa shape index (κ1) is 29.3. The van der Waals surface area contributed by atoms with Crippen LogP contribution in [0.1, 0.15) is 117 Å². The molecule has 0 atom stereocenters. The number of thiophene rings is 1. The Hall–Kier alpha value is -1.76. The molecule has 33 heavy (non-hydrogen) atoms. The molecule has 2 amide bonds. The summed E-state index contributed by atoms with van der Waals surface area (Å²) in [6.07, 6.45) is 18.5. The molecule has 0 spiro atoms. The van der Waals surface area contributed by atoms with Crippen LogP contribution in [-0.2, 0) is 0 Å². The Morgan fingerprint density at radius 1 is 0.606 bits per heavy atom. The van der Waals surface area contributed by atoms with E-state index in [1.165, 1.54) is 88.4 Å². The molecule has 0 bridgehead atoms. The normalized spacial score (nSPS) is 10.7. The van der Waals surface area contributed by atoms with Gasteiger partial charge in [0.2, 0.25) is 0 Å². The van der Waals surface area contributed by atoms with Crippen LogP contribution in [0.4, 0.5) is 9.59 Å². The second kappa shape index (κ2) is 20.8. The molecule has 0 unspecified atom stereocenters. The van der Waals surface area contributed by atoms with Gasteiger partial charge in [-0.05, 0) is 12.8 Å². The molecular weight excluding hydrogens is 436 g/mol. The number of ether oxygens (including phenoxy) is 2. The maximum Gasteiger partial charge on any atom is 0.412 e. The molecule has 1 aromatic rings. The predicted molar refractivity (Wildman–Crippen MR) is 138 cm³/mol. The summed E-state index contributed by atoms with van der Waals surface area (Å²) in [6.45, 7) is 5.63. The second-order valence-corrected chi connectivity index (χ2v) is 9.43. The van der Waals surface area contributed by atoms with Crippen LogP contribution in [0.5, 0.6) is 11.5 Å². The summed E-state index contributed by atoms with van der Waals surface area (Å²) in [4.78, 5) is 24.1. The van der Waals surface area contributed by atoms with Gasteiger partial charge in [0.25, 0.3) is 0 Å². The molecule has 1 heterocycles. The highest BCUT2D eigenvalue weighted by Crippen LogP contribution is 2.31. The summed E-state index contributed by atoms with van der Waals surface area (Å²) in [5, 5.41) is 8.87. The van der Waals surface area contributed by atoms with Crippen LogP contribution in [0.15, 0.2) is 10.8 Å². The summed E-state index contributed by atoms with van der Waals surface area (Å²) < 4.78 is 10.6. The van der Waals surface area contributed by atoms with Crippen molar-refractivity contribution in [2.75, 3.05) is 13.1 Å². The highest BCUT2D eigenvalue weighted by atomic mass is 32.1. The van der Waals surface area contributed by atoms with Gasteiger partial charge in [-0.2, -0.15) is 0 Å². The fourth-order valence-electron chi connectivity index (χ4n) is 3.59. The third kappa shape index (κ3) is 16.5. The van der Waals surface area contributed by atoms with E-state index in [9.17, 15) is 9.59 Å². The summed E-state index contributed by atoms with van der Waals surface area (Å²) in [6, 6.07) is 0. The molecule has 0 aliphatic rings. The molecule has 0 aliphatic carbocycles. The molecule has 0 saturated heterocycles. The Morgan fingerprint density at radius 3 is 1.30 bits per heavy atom. The van der Waals surface area contributed by atoms with Crippen LogP contribution < -0.4 is 20.1 Å². The van der Waals surface area contributed by atoms with Crippen molar-refractivity contribution < 1.29 is 19.1 Å². The van der Waals surface area contributed by atoms with Crippen molar-refractivity contribution in [3.63, 3.8) is 0 Å². The number of carbonyl (C=O) groups excluding carboxylic acids is 2. The van der Waals surface area contributed by atoms with E-state index < -0.39 is 12.2 Å². The maximum atomic E-state index is 12.0. The lowest BCUT2D eigenvalue weighted by atomic mass is 10.1. The van der Waals surface area contributed by atoms with E-state index in [0.29, 0.717) is 13.1 Å². The van der Waals surface area contributed by atoms with Crippen molar-refractivity contribution in [1.82, 2.24) is 10.6 Å². The number of nitrogens with one attached hydrogen (secondary N) is 2. The molecular formula is C26H46N2O4S. The fraction of sp³-hybridized carbons (Fsp3) is 0.769. The molecule has 0 aromatic carbocycles. The average Bonchev–Trinajstić information content (AvgIpc) is 3.23. The van der Waals surface area contributed by atoms with Gasteiger partial charge in [-0.15, -0.1) is 11.3 Å². The lowest BCUT2D eigenvalue weighted by molar-refractivity contribution is 0.190. The molecule has 1 rings (SSSR count). The predicted octanol–water partition coefficient (Wildman–Crippen LogP) is 8.21. The van der Waals surface area contributed by atoms with Crippen LogP contribution in [0.25, 0.3) is 0 Å². The van der Waals surface area contributed by atoms with Crippen molar-refractivity contribution in [3.8, 4) is 11.5 Å².